The van der Waals surface area contributed by atoms with Gasteiger partial charge in [-0.1, -0.05) is 42.4 Å². The van der Waals surface area contributed by atoms with E-state index < -0.39 is 0 Å². The quantitative estimate of drug-likeness (QED) is 0.385. The molecule has 136 valence electrons. The van der Waals surface area contributed by atoms with Gasteiger partial charge in [0.15, 0.2) is 5.16 Å². The molecule has 0 aliphatic carbocycles. The van der Waals surface area contributed by atoms with Crippen LogP contribution in [0.5, 0.6) is 0 Å². The monoisotopic (exact) mass is 368 g/mol. The summed E-state index contributed by atoms with van der Waals surface area (Å²) in [5.41, 5.74) is 3.77. The third-order valence-corrected chi connectivity index (χ3v) is 5.41. The Morgan fingerprint density at radius 3 is 2.69 bits per heavy atom. The fraction of sp³-hybridized carbons (Fsp3) is 0.333. The Hall–Kier alpha value is -2.11. The van der Waals surface area contributed by atoms with Gasteiger partial charge in [0.05, 0.1) is 16.6 Å². The second-order valence-corrected chi connectivity index (χ2v) is 7.54. The van der Waals surface area contributed by atoms with Crippen LogP contribution in [0.25, 0.3) is 16.6 Å². The van der Waals surface area contributed by atoms with Crippen LogP contribution in [0.15, 0.2) is 52.4 Å². The SMILES string of the molecule is Cc1ccc(C)c(-n2c(SCCCCCO)nc3ccccc3c2=O)c1. The summed E-state index contributed by atoms with van der Waals surface area (Å²) in [6.45, 7) is 4.28. The lowest BCUT2D eigenvalue weighted by molar-refractivity contribution is 0.284. The molecule has 0 saturated carbocycles. The Bertz CT molecular complexity index is 966. The summed E-state index contributed by atoms with van der Waals surface area (Å²) in [7, 11) is 0. The van der Waals surface area contributed by atoms with Crippen LogP contribution < -0.4 is 5.56 Å². The van der Waals surface area contributed by atoms with Crippen molar-refractivity contribution in [2.75, 3.05) is 12.4 Å². The van der Waals surface area contributed by atoms with E-state index in [2.05, 4.69) is 6.07 Å². The zero-order valence-electron chi connectivity index (χ0n) is 15.2. The number of hydrogen-bond acceptors (Lipinski definition) is 4. The number of aromatic nitrogens is 2. The maximum Gasteiger partial charge on any atom is 0.266 e. The predicted molar refractivity (Wildman–Crippen MR) is 108 cm³/mol. The molecule has 0 atom stereocenters. The first-order valence-corrected chi connectivity index (χ1v) is 9.93. The molecule has 4 nitrogen and oxygen atoms in total. The van der Waals surface area contributed by atoms with Gasteiger partial charge in [-0.2, -0.15) is 0 Å². The van der Waals surface area contributed by atoms with Crippen molar-refractivity contribution < 1.29 is 5.11 Å². The average molecular weight is 369 g/mol. The Balaban J connectivity index is 2.09. The summed E-state index contributed by atoms with van der Waals surface area (Å²) < 4.78 is 1.75. The highest BCUT2D eigenvalue weighted by Crippen LogP contribution is 2.24. The Morgan fingerprint density at radius 1 is 1.08 bits per heavy atom. The van der Waals surface area contributed by atoms with Gasteiger partial charge in [-0.15, -0.1) is 0 Å². The minimum atomic E-state index is -0.0258. The summed E-state index contributed by atoms with van der Waals surface area (Å²) in [6.07, 6.45) is 2.78. The molecule has 0 amide bonds. The molecule has 0 bridgehead atoms. The highest BCUT2D eigenvalue weighted by atomic mass is 32.2. The smallest absolute Gasteiger partial charge is 0.266 e. The largest absolute Gasteiger partial charge is 0.396 e. The molecule has 2 aromatic carbocycles. The van der Waals surface area contributed by atoms with Crippen LogP contribution in [0.1, 0.15) is 30.4 Å². The van der Waals surface area contributed by atoms with Gasteiger partial charge in [0.25, 0.3) is 5.56 Å². The van der Waals surface area contributed by atoms with Crippen molar-refractivity contribution >= 4 is 22.7 Å². The third-order valence-electron chi connectivity index (χ3n) is 4.38. The van der Waals surface area contributed by atoms with E-state index in [9.17, 15) is 4.79 Å². The number of benzene rings is 2. The normalized spacial score (nSPS) is 11.2. The molecular formula is C21H24N2O2S. The lowest BCUT2D eigenvalue weighted by Gasteiger charge is -2.15. The highest BCUT2D eigenvalue weighted by molar-refractivity contribution is 7.99. The third kappa shape index (κ3) is 4.00. The van der Waals surface area contributed by atoms with E-state index >= 15 is 0 Å². The summed E-state index contributed by atoms with van der Waals surface area (Å²) in [6, 6.07) is 13.7. The Labute approximate surface area is 157 Å². The molecule has 5 heteroatoms. The van der Waals surface area contributed by atoms with E-state index in [0.29, 0.717) is 5.39 Å². The lowest BCUT2D eigenvalue weighted by atomic mass is 10.1. The van der Waals surface area contributed by atoms with Gasteiger partial charge >= 0.3 is 0 Å². The number of nitrogens with zero attached hydrogens (tertiary/aromatic N) is 2. The van der Waals surface area contributed by atoms with E-state index in [0.717, 1.165) is 52.5 Å². The zero-order valence-corrected chi connectivity index (χ0v) is 16.1. The molecule has 1 N–H and O–H groups in total. The molecule has 3 aromatic rings. The van der Waals surface area contributed by atoms with Crippen LogP contribution in [0.4, 0.5) is 0 Å². The number of thioether (sulfide) groups is 1. The summed E-state index contributed by atoms with van der Waals surface area (Å²) in [5, 5.41) is 10.3. The standard InChI is InChI=1S/C21H24N2O2S/c1-15-10-11-16(2)19(14-15)23-20(25)17-8-4-5-9-18(17)22-21(23)26-13-7-3-6-12-24/h4-5,8-11,14,24H,3,6-7,12-13H2,1-2H3. The summed E-state index contributed by atoms with van der Waals surface area (Å²) in [4.78, 5) is 18.0. The highest BCUT2D eigenvalue weighted by Gasteiger charge is 2.14. The second kappa shape index (κ2) is 8.52. The van der Waals surface area contributed by atoms with Crippen molar-refractivity contribution in [1.82, 2.24) is 9.55 Å². The first-order valence-electron chi connectivity index (χ1n) is 8.95. The molecule has 0 aliphatic rings. The molecule has 0 radical (unpaired) electrons. The van der Waals surface area contributed by atoms with Gasteiger partial charge in [0, 0.05) is 12.4 Å². The number of aliphatic hydroxyl groups excluding tert-OH is 1. The first-order chi connectivity index (χ1) is 12.6. The van der Waals surface area contributed by atoms with Crippen molar-refractivity contribution in [1.29, 1.82) is 0 Å². The zero-order chi connectivity index (χ0) is 18.5. The van der Waals surface area contributed by atoms with Crippen molar-refractivity contribution in [3.63, 3.8) is 0 Å². The molecule has 0 fully saturated rings. The Morgan fingerprint density at radius 2 is 1.88 bits per heavy atom. The van der Waals surface area contributed by atoms with E-state index in [1.54, 1.807) is 16.3 Å². The summed E-state index contributed by atoms with van der Waals surface area (Å²) in [5.74, 6) is 0.871. The molecule has 0 aliphatic heterocycles. The predicted octanol–water partition coefficient (Wildman–Crippen LogP) is 4.26. The van der Waals surface area contributed by atoms with Gasteiger partial charge < -0.3 is 5.11 Å². The van der Waals surface area contributed by atoms with Crippen LogP contribution in [-0.2, 0) is 0 Å². The van der Waals surface area contributed by atoms with Crippen LogP contribution in [-0.4, -0.2) is 27.0 Å². The van der Waals surface area contributed by atoms with E-state index in [-0.39, 0.29) is 12.2 Å². The van der Waals surface area contributed by atoms with Gasteiger partial charge in [-0.05, 0) is 56.0 Å². The number of para-hydroxylation sites is 1. The topological polar surface area (TPSA) is 55.1 Å². The molecule has 0 unspecified atom stereocenters. The van der Waals surface area contributed by atoms with Gasteiger partial charge in [0.1, 0.15) is 0 Å². The minimum Gasteiger partial charge on any atom is -0.396 e. The fourth-order valence-corrected chi connectivity index (χ4v) is 3.94. The number of aryl methyl sites for hydroxylation is 2. The number of unbranched alkanes of at least 4 members (excludes halogenated alkanes) is 2. The van der Waals surface area contributed by atoms with E-state index in [1.165, 1.54) is 0 Å². The number of rotatable bonds is 7. The van der Waals surface area contributed by atoms with Crippen LogP contribution >= 0.6 is 11.8 Å². The number of aliphatic hydroxyl groups is 1. The maximum absolute atomic E-state index is 13.2. The Kier molecular flexibility index (Phi) is 6.12. The van der Waals surface area contributed by atoms with Crippen LogP contribution in [0.2, 0.25) is 0 Å². The number of fused-ring (bicyclic) bond motifs is 1. The molecule has 3 rings (SSSR count). The van der Waals surface area contributed by atoms with Crippen molar-refractivity contribution in [3.8, 4) is 5.69 Å². The van der Waals surface area contributed by atoms with Crippen LogP contribution in [0, 0.1) is 13.8 Å². The van der Waals surface area contributed by atoms with Crippen molar-refractivity contribution in [2.45, 2.75) is 38.3 Å². The fourth-order valence-electron chi connectivity index (χ4n) is 2.94. The van der Waals surface area contributed by atoms with Crippen molar-refractivity contribution in [2.24, 2.45) is 0 Å². The van der Waals surface area contributed by atoms with E-state index in [1.807, 2.05) is 50.2 Å². The lowest BCUT2D eigenvalue weighted by Crippen LogP contribution is -2.22. The molecule has 26 heavy (non-hydrogen) atoms. The average Bonchev–Trinajstić information content (AvgIpc) is 2.64. The molecule has 0 saturated heterocycles. The van der Waals surface area contributed by atoms with Gasteiger partial charge in [-0.25, -0.2) is 4.98 Å². The molecular weight excluding hydrogens is 344 g/mol. The van der Waals surface area contributed by atoms with Crippen LogP contribution in [0.3, 0.4) is 0 Å². The number of hydrogen-bond donors (Lipinski definition) is 1. The minimum absolute atomic E-state index is 0.0258. The van der Waals surface area contributed by atoms with Gasteiger partial charge in [0.2, 0.25) is 0 Å². The molecule has 1 heterocycles. The summed E-state index contributed by atoms with van der Waals surface area (Å²) >= 11 is 1.61. The molecule has 1 aromatic heterocycles. The second-order valence-electron chi connectivity index (χ2n) is 6.47. The van der Waals surface area contributed by atoms with Crippen molar-refractivity contribution in [3.05, 3.63) is 63.9 Å². The maximum atomic E-state index is 13.2. The molecule has 0 spiro atoms. The van der Waals surface area contributed by atoms with Gasteiger partial charge in [-0.3, -0.25) is 9.36 Å². The van der Waals surface area contributed by atoms with E-state index in [4.69, 9.17) is 10.1 Å². The first kappa shape index (κ1) is 18.7.